The van der Waals surface area contributed by atoms with Gasteiger partial charge in [0.25, 0.3) is 5.91 Å². The molecule has 1 amide bonds. The van der Waals surface area contributed by atoms with Crippen LogP contribution in [-0.2, 0) is 0 Å². The monoisotopic (exact) mass is 381 g/mol. The topological polar surface area (TPSA) is 46.4 Å². The van der Waals surface area contributed by atoms with Gasteiger partial charge in [0.2, 0.25) is 0 Å². The molecule has 4 nitrogen and oxygen atoms in total. The second-order valence-electron chi connectivity index (χ2n) is 5.72. The number of amides is 1. The Morgan fingerprint density at radius 3 is 2.62 bits per heavy atom. The molecule has 0 radical (unpaired) electrons. The minimum absolute atomic E-state index is 0.303. The van der Waals surface area contributed by atoms with E-state index in [0.717, 1.165) is 16.9 Å². The second-order valence-corrected chi connectivity index (χ2v) is 6.56. The lowest BCUT2D eigenvalue weighted by Crippen LogP contribution is -2.13. The number of hydrogen-bond donors (Lipinski definition) is 1. The number of carbonyl (C=O) groups excluding carboxylic acids is 1. The molecule has 0 aliphatic rings. The van der Waals surface area contributed by atoms with E-state index in [-0.39, 0.29) is 5.91 Å². The van der Waals surface area contributed by atoms with Crippen molar-refractivity contribution in [2.75, 3.05) is 5.32 Å². The fourth-order valence-electron chi connectivity index (χ4n) is 2.74. The van der Waals surface area contributed by atoms with E-state index in [1.807, 2.05) is 59.3 Å². The van der Waals surface area contributed by atoms with Crippen LogP contribution in [0.5, 0.6) is 0 Å². The zero-order chi connectivity index (χ0) is 18.1. The van der Waals surface area contributed by atoms with Gasteiger partial charge in [-0.2, -0.15) is 0 Å². The Morgan fingerprint density at radius 2 is 1.81 bits per heavy atom. The Morgan fingerprint density at radius 1 is 1.00 bits per heavy atom. The lowest BCUT2D eigenvalue weighted by molar-refractivity contribution is 0.102. The van der Waals surface area contributed by atoms with Gasteiger partial charge >= 0.3 is 0 Å². The average Bonchev–Trinajstić information content (AvgIpc) is 3.06. The maximum Gasteiger partial charge on any atom is 0.257 e. The average molecular weight is 382 g/mol. The van der Waals surface area contributed by atoms with Gasteiger partial charge in [-0.25, -0.2) is 4.98 Å². The van der Waals surface area contributed by atoms with Crippen LogP contribution in [0, 0.1) is 0 Å². The lowest BCUT2D eigenvalue weighted by atomic mass is 10.1. The smallest absolute Gasteiger partial charge is 0.257 e. The highest BCUT2D eigenvalue weighted by molar-refractivity contribution is 6.37. The highest BCUT2D eigenvalue weighted by Crippen LogP contribution is 2.29. The molecule has 2 aromatic carbocycles. The van der Waals surface area contributed by atoms with E-state index in [1.165, 1.54) is 0 Å². The van der Waals surface area contributed by atoms with Gasteiger partial charge in [-0.15, -0.1) is 0 Å². The number of rotatable bonds is 3. The largest absolute Gasteiger partial charge is 0.321 e. The number of anilines is 1. The summed E-state index contributed by atoms with van der Waals surface area (Å²) in [4.78, 5) is 17.3. The van der Waals surface area contributed by atoms with E-state index >= 15 is 0 Å². The van der Waals surface area contributed by atoms with Crippen LogP contribution in [0.4, 0.5) is 5.69 Å². The van der Waals surface area contributed by atoms with Crippen molar-refractivity contribution in [3.05, 3.63) is 88.7 Å². The van der Waals surface area contributed by atoms with E-state index in [1.54, 1.807) is 18.2 Å². The Hall–Kier alpha value is -2.82. The number of nitrogens with one attached hydrogen (secondary N) is 1. The number of halogens is 2. The Kier molecular flexibility index (Phi) is 4.37. The van der Waals surface area contributed by atoms with Gasteiger partial charge in [0.1, 0.15) is 5.65 Å². The first kappa shape index (κ1) is 16.6. The zero-order valence-electron chi connectivity index (χ0n) is 13.5. The number of pyridine rings is 1. The van der Waals surface area contributed by atoms with Crippen molar-refractivity contribution in [2.24, 2.45) is 0 Å². The Balaban J connectivity index is 1.70. The first-order chi connectivity index (χ1) is 12.6. The van der Waals surface area contributed by atoms with Crippen LogP contribution in [0.1, 0.15) is 10.4 Å². The number of nitrogens with zero attached hydrogens (tertiary/aromatic N) is 2. The van der Waals surface area contributed by atoms with E-state index in [4.69, 9.17) is 23.2 Å². The molecule has 2 heterocycles. The molecule has 4 rings (SSSR count). The van der Waals surface area contributed by atoms with E-state index in [0.29, 0.717) is 21.3 Å². The molecule has 6 heteroatoms. The van der Waals surface area contributed by atoms with E-state index in [2.05, 4.69) is 10.3 Å². The molecule has 0 bridgehead atoms. The third-order valence-corrected chi connectivity index (χ3v) is 4.54. The quantitative estimate of drug-likeness (QED) is 0.504. The van der Waals surface area contributed by atoms with Gasteiger partial charge in [0.05, 0.1) is 22.0 Å². The molecule has 0 saturated carbocycles. The molecule has 128 valence electrons. The van der Waals surface area contributed by atoms with E-state index in [9.17, 15) is 4.79 Å². The standard InChI is InChI=1S/C20H13Cl2N3O/c21-13-8-9-14(16(22)11-13)20(26)24-17-6-2-1-5-15(17)18-12-25-10-4-3-7-19(25)23-18/h1-12H,(H,24,26). The summed E-state index contributed by atoms with van der Waals surface area (Å²) in [6, 6.07) is 18.1. The van der Waals surface area contributed by atoms with Gasteiger partial charge in [0, 0.05) is 23.0 Å². The SMILES string of the molecule is O=C(Nc1ccccc1-c1cn2ccccc2n1)c1ccc(Cl)cc1Cl. The maximum absolute atomic E-state index is 12.6. The fourth-order valence-corrected chi connectivity index (χ4v) is 3.24. The van der Waals surface area contributed by atoms with Crippen molar-refractivity contribution in [3.8, 4) is 11.3 Å². The summed E-state index contributed by atoms with van der Waals surface area (Å²) >= 11 is 12.0. The highest BCUT2D eigenvalue weighted by Gasteiger charge is 2.14. The predicted octanol–water partition coefficient (Wildman–Crippen LogP) is 5.56. The summed E-state index contributed by atoms with van der Waals surface area (Å²) in [6.07, 6.45) is 3.86. The molecule has 0 unspecified atom stereocenters. The summed E-state index contributed by atoms with van der Waals surface area (Å²) in [5, 5.41) is 3.70. The third kappa shape index (κ3) is 3.17. The van der Waals surface area contributed by atoms with Gasteiger partial charge in [-0.3, -0.25) is 4.79 Å². The predicted molar refractivity (Wildman–Crippen MR) is 105 cm³/mol. The first-order valence-electron chi connectivity index (χ1n) is 7.91. The number of hydrogen-bond acceptors (Lipinski definition) is 2. The molecule has 0 aliphatic carbocycles. The van der Waals surface area contributed by atoms with Crippen molar-refractivity contribution < 1.29 is 4.79 Å². The summed E-state index contributed by atoms with van der Waals surface area (Å²) in [7, 11) is 0. The van der Waals surface area contributed by atoms with Gasteiger partial charge < -0.3 is 9.72 Å². The van der Waals surface area contributed by atoms with Crippen LogP contribution >= 0.6 is 23.2 Å². The van der Waals surface area contributed by atoms with Crippen molar-refractivity contribution in [2.45, 2.75) is 0 Å². The van der Waals surface area contributed by atoms with Crippen molar-refractivity contribution in [1.82, 2.24) is 9.38 Å². The Labute approximate surface area is 160 Å². The van der Waals surface area contributed by atoms with Crippen molar-refractivity contribution >= 4 is 40.4 Å². The summed E-state index contributed by atoms with van der Waals surface area (Å²) in [6.45, 7) is 0. The van der Waals surface area contributed by atoms with Crippen LogP contribution in [-0.4, -0.2) is 15.3 Å². The molecular weight excluding hydrogens is 369 g/mol. The molecule has 2 aromatic heterocycles. The molecule has 0 aliphatic heterocycles. The molecule has 0 atom stereocenters. The number of aromatic nitrogens is 2. The maximum atomic E-state index is 12.6. The minimum Gasteiger partial charge on any atom is -0.321 e. The summed E-state index contributed by atoms with van der Waals surface area (Å²) < 4.78 is 1.93. The van der Waals surface area contributed by atoms with Crippen LogP contribution in [0.3, 0.4) is 0 Å². The van der Waals surface area contributed by atoms with Crippen molar-refractivity contribution in [3.63, 3.8) is 0 Å². The molecule has 0 spiro atoms. The highest BCUT2D eigenvalue weighted by atomic mass is 35.5. The van der Waals surface area contributed by atoms with Crippen LogP contribution in [0.15, 0.2) is 73.1 Å². The van der Waals surface area contributed by atoms with Crippen LogP contribution in [0.2, 0.25) is 10.0 Å². The molecule has 0 fully saturated rings. The molecule has 1 N–H and O–H groups in total. The molecule has 26 heavy (non-hydrogen) atoms. The number of carbonyl (C=O) groups is 1. The van der Waals surface area contributed by atoms with Gasteiger partial charge in [-0.1, -0.05) is 47.5 Å². The van der Waals surface area contributed by atoms with Gasteiger partial charge in [-0.05, 0) is 36.4 Å². The van der Waals surface area contributed by atoms with Crippen LogP contribution in [0.25, 0.3) is 16.9 Å². The zero-order valence-corrected chi connectivity index (χ0v) is 15.0. The first-order valence-corrected chi connectivity index (χ1v) is 8.67. The Bertz CT molecular complexity index is 1090. The number of benzene rings is 2. The van der Waals surface area contributed by atoms with E-state index < -0.39 is 0 Å². The number of fused-ring (bicyclic) bond motifs is 1. The molecular formula is C20H13Cl2N3O. The van der Waals surface area contributed by atoms with Crippen molar-refractivity contribution in [1.29, 1.82) is 0 Å². The lowest BCUT2D eigenvalue weighted by Gasteiger charge is -2.10. The van der Waals surface area contributed by atoms with Gasteiger partial charge in [0.15, 0.2) is 0 Å². The normalized spacial score (nSPS) is 10.8. The molecule has 4 aromatic rings. The molecule has 0 saturated heterocycles. The fraction of sp³-hybridized carbons (Fsp3) is 0. The summed E-state index contributed by atoms with van der Waals surface area (Å²) in [5.41, 5.74) is 3.46. The number of imidazole rings is 1. The van der Waals surface area contributed by atoms with Crippen LogP contribution < -0.4 is 5.32 Å². The minimum atomic E-state index is -0.303. The summed E-state index contributed by atoms with van der Waals surface area (Å²) in [5.74, 6) is -0.303. The second kappa shape index (κ2) is 6.83. The number of para-hydroxylation sites is 1. The third-order valence-electron chi connectivity index (χ3n) is 3.99.